The molecule has 1 unspecified atom stereocenters. The minimum Gasteiger partial charge on any atom is -0.497 e. The number of piperidine rings is 1. The maximum atomic E-state index is 14.3. The minimum atomic E-state index is -1.09. The number of halogens is 1. The van der Waals surface area contributed by atoms with E-state index >= 15 is 0 Å². The number of carbonyl (C=O) groups is 3. The average molecular weight is 533 g/mol. The number of ether oxygens (including phenoxy) is 2. The molecule has 3 amide bonds. The van der Waals surface area contributed by atoms with E-state index in [0.29, 0.717) is 11.3 Å². The molecule has 2 saturated heterocycles. The molecule has 1 atom stereocenters. The third kappa shape index (κ3) is 5.33. The minimum absolute atomic E-state index is 0.00207. The van der Waals surface area contributed by atoms with Crippen LogP contribution in [0.5, 0.6) is 5.75 Å². The van der Waals surface area contributed by atoms with Gasteiger partial charge in [0.1, 0.15) is 23.3 Å². The predicted octanol–water partition coefficient (Wildman–Crippen LogP) is 3.02. The van der Waals surface area contributed by atoms with Gasteiger partial charge in [-0.15, -0.1) is 0 Å². The van der Waals surface area contributed by atoms with Crippen LogP contribution >= 0.6 is 0 Å². The van der Waals surface area contributed by atoms with E-state index < -0.39 is 23.5 Å². The second-order valence-electron chi connectivity index (χ2n) is 9.53. The van der Waals surface area contributed by atoms with E-state index in [1.807, 2.05) is 6.07 Å². The van der Waals surface area contributed by atoms with Crippen molar-refractivity contribution in [2.24, 2.45) is 0 Å². The molecule has 2 fully saturated rings. The number of hydrogen-bond acceptors (Lipinski definition) is 6. The molecule has 2 aliphatic heterocycles. The number of hydrogen-bond donors (Lipinski definition) is 1. The topological polar surface area (TPSA) is 101 Å². The lowest BCUT2D eigenvalue weighted by atomic mass is 9.96. The number of carbonyl (C=O) groups excluding carboxylic acids is 3. The number of nitrogens with zero attached hydrogens (tertiary/aromatic N) is 3. The van der Waals surface area contributed by atoms with Crippen molar-refractivity contribution in [1.82, 2.24) is 20.1 Å². The van der Waals surface area contributed by atoms with Gasteiger partial charge < -0.3 is 19.7 Å². The molecule has 2 aliphatic rings. The molecular weight excluding hydrogens is 503 g/mol. The number of aromatic nitrogens is 1. The lowest BCUT2D eigenvalue weighted by molar-refractivity contribution is -0.128. The van der Waals surface area contributed by atoms with Crippen molar-refractivity contribution in [3.8, 4) is 5.75 Å². The number of amides is 3. The van der Waals surface area contributed by atoms with Crippen LogP contribution in [0.3, 0.4) is 0 Å². The molecule has 9 nitrogen and oxygen atoms in total. The number of rotatable bonds is 6. The molecule has 2 aromatic carbocycles. The fraction of sp³-hybridized carbons (Fsp3) is 0.310. The summed E-state index contributed by atoms with van der Waals surface area (Å²) in [5, 5.41) is 2.89. The first kappa shape index (κ1) is 26.3. The molecule has 0 aliphatic carbocycles. The summed E-state index contributed by atoms with van der Waals surface area (Å²) in [5.74, 6) is -1.21. The summed E-state index contributed by atoms with van der Waals surface area (Å²) in [6.07, 6.45) is 3.86. The lowest BCUT2D eigenvalue weighted by Gasteiger charge is -2.44. The Bertz CT molecular complexity index is 1360. The smallest absolute Gasteiger partial charge is 0.257 e. The Morgan fingerprint density at radius 3 is 2.59 bits per heavy atom. The van der Waals surface area contributed by atoms with Gasteiger partial charge in [0, 0.05) is 50.4 Å². The summed E-state index contributed by atoms with van der Waals surface area (Å²) < 4.78 is 25.8. The Morgan fingerprint density at radius 2 is 1.87 bits per heavy atom. The summed E-state index contributed by atoms with van der Waals surface area (Å²) in [7, 11) is 1.51. The van der Waals surface area contributed by atoms with E-state index in [4.69, 9.17) is 9.47 Å². The average Bonchev–Trinajstić information content (AvgIpc) is 3.34. The normalized spacial score (nSPS) is 18.2. The van der Waals surface area contributed by atoms with E-state index in [1.165, 1.54) is 30.2 Å². The largest absolute Gasteiger partial charge is 0.497 e. The highest BCUT2D eigenvalue weighted by molar-refractivity contribution is 5.99. The van der Waals surface area contributed by atoms with Crippen molar-refractivity contribution in [3.05, 3.63) is 95.6 Å². The van der Waals surface area contributed by atoms with E-state index in [9.17, 15) is 18.8 Å². The SMILES string of the molecule is COc1cccc(C(=O)N2C(C(=O)NCc3cccnc3)COC23CCN(C(=O)c2ccccc2F)CC3)c1. The van der Waals surface area contributed by atoms with Gasteiger partial charge in [-0.05, 0) is 42.0 Å². The third-order valence-electron chi connectivity index (χ3n) is 7.22. The molecule has 0 radical (unpaired) electrons. The van der Waals surface area contributed by atoms with Crippen LogP contribution in [0.4, 0.5) is 4.39 Å². The molecular formula is C29H29FN4O5. The van der Waals surface area contributed by atoms with Crippen LogP contribution in [-0.4, -0.2) is 71.1 Å². The van der Waals surface area contributed by atoms with Gasteiger partial charge >= 0.3 is 0 Å². The van der Waals surface area contributed by atoms with Gasteiger partial charge in [0.05, 0.1) is 19.3 Å². The summed E-state index contributed by atoms with van der Waals surface area (Å²) in [5.41, 5.74) is 0.0830. The van der Waals surface area contributed by atoms with Crippen LogP contribution in [0, 0.1) is 5.82 Å². The first-order chi connectivity index (χ1) is 18.9. The number of likely N-dealkylation sites (tertiary alicyclic amines) is 1. The van der Waals surface area contributed by atoms with Gasteiger partial charge in [-0.3, -0.25) is 24.3 Å². The summed E-state index contributed by atoms with van der Waals surface area (Å²) in [6, 6.07) is 15.3. The fourth-order valence-electron chi connectivity index (χ4n) is 5.14. The van der Waals surface area contributed by atoms with Crippen LogP contribution in [-0.2, 0) is 16.1 Å². The van der Waals surface area contributed by atoms with Gasteiger partial charge in [0.2, 0.25) is 5.91 Å². The highest BCUT2D eigenvalue weighted by Gasteiger charge is 2.54. The van der Waals surface area contributed by atoms with E-state index in [2.05, 4.69) is 10.3 Å². The summed E-state index contributed by atoms with van der Waals surface area (Å²) in [6.45, 7) is 0.732. The number of methoxy groups -OCH3 is 1. The van der Waals surface area contributed by atoms with Crippen LogP contribution in [0.2, 0.25) is 0 Å². The number of benzene rings is 2. The van der Waals surface area contributed by atoms with Gasteiger partial charge in [0.25, 0.3) is 11.8 Å². The lowest BCUT2D eigenvalue weighted by Crippen LogP contribution is -2.59. The molecule has 1 N–H and O–H groups in total. The zero-order valence-corrected chi connectivity index (χ0v) is 21.5. The van der Waals surface area contributed by atoms with Crippen LogP contribution in [0.25, 0.3) is 0 Å². The predicted molar refractivity (Wildman–Crippen MR) is 139 cm³/mol. The van der Waals surface area contributed by atoms with Gasteiger partial charge in [-0.1, -0.05) is 24.3 Å². The molecule has 5 rings (SSSR count). The number of nitrogens with one attached hydrogen (secondary N) is 1. The van der Waals surface area contributed by atoms with Crippen LogP contribution in [0.15, 0.2) is 73.1 Å². The molecule has 0 saturated carbocycles. The second-order valence-corrected chi connectivity index (χ2v) is 9.53. The summed E-state index contributed by atoms with van der Waals surface area (Å²) >= 11 is 0. The van der Waals surface area contributed by atoms with Crippen molar-refractivity contribution < 1.29 is 28.2 Å². The van der Waals surface area contributed by atoms with Gasteiger partial charge in [-0.25, -0.2) is 4.39 Å². The van der Waals surface area contributed by atoms with Crippen molar-refractivity contribution in [2.45, 2.75) is 31.2 Å². The Labute approximate surface area is 225 Å². The first-order valence-corrected chi connectivity index (χ1v) is 12.7. The fourth-order valence-corrected chi connectivity index (χ4v) is 5.14. The van der Waals surface area contributed by atoms with E-state index in [-0.39, 0.29) is 56.5 Å². The molecule has 10 heteroatoms. The Kier molecular flexibility index (Phi) is 7.56. The standard InChI is InChI=1S/C29H29FN4O5/c1-38-22-8-4-7-21(16-22)27(36)34-25(26(35)32-18-20-6-5-13-31-17-20)19-39-29(34)11-14-33(15-12-29)28(37)23-9-2-3-10-24(23)30/h2-10,13,16-17,25H,11-12,14-15,18-19H2,1H3,(H,32,35). The molecule has 39 heavy (non-hydrogen) atoms. The molecule has 1 spiro atoms. The van der Waals surface area contributed by atoms with Gasteiger partial charge in [-0.2, -0.15) is 0 Å². The Morgan fingerprint density at radius 1 is 1.08 bits per heavy atom. The highest BCUT2D eigenvalue weighted by Crippen LogP contribution is 2.39. The van der Waals surface area contributed by atoms with Crippen molar-refractivity contribution in [3.63, 3.8) is 0 Å². The first-order valence-electron chi connectivity index (χ1n) is 12.7. The zero-order valence-electron chi connectivity index (χ0n) is 21.5. The maximum absolute atomic E-state index is 14.3. The van der Waals surface area contributed by atoms with Crippen molar-refractivity contribution >= 4 is 17.7 Å². The number of pyridine rings is 1. The quantitative estimate of drug-likeness (QED) is 0.524. The molecule has 0 bridgehead atoms. The molecule has 3 aromatic rings. The molecule has 1 aromatic heterocycles. The maximum Gasteiger partial charge on any atom is 0.257 e. The summed E-state index contributed by atoms with van der Waals surface area (Å²) in [4.78, 5) is 47.4. The Hall–Kier alpha value is -4.31. The van der Waals surface area contributed by atoms with Crippen molar-refractivity contribution in [2.75, 3.05) is 26.8 Å². The van der Waals surface area contributed by atoms with Crippen LogP contribution < -0.4 is 10.1 Å². The van der Waals surface area contributed by atoms with Crippen LogP contribution in [0.1, 0.15) is 39.1 Å². The third-order valence-corrected chi connectivity index (χ3v) is 7.22. The monoisotopic (exact) mass is 532 g/mol. The molecule has 3 heterocycles. The Balaban J connectivity index is 1.38. The highest BCUT2D eigenvalue weighted by atomic mass is 19.1. The van der Waals surface area contributed by atoms with E-state index in [0.717, 1.165) is 5.56 Å². The molecule has 202 valence electrons. The second kappa shape index (κ2) is 11.2. The van der Waals surface area contributed by atoms with Gasteiger partial charge in [0.15, 0.2) is 0 Å². The van der Waals surface area contributed by atoms with E-state index in [1.54, 1.807) is 53.7 Å². The van der Waals surface area contributed by atoms with Crippen molar-refractivity contribution in [1.29, 1.82) is 0 Å². The zero-order chi connectivity index (χ0) is 27.4.